The first-order chi connectivity index (χ1) is 17.9. The van der Waals surface area contributed by atoms with Gasteiger partial charge >= 0.3 is 0 Å². The average molecular weight is 508 g/mol. The van der Waals surface area contributed by atoms with Gasteiger partial charge in [0, 0.05) is 30.7 Å². The summed E-state index contributed by atoms with van der Waals surface area (Å²) in [5, 5.41) is 22.2. The predicted octanol–water partition coefficient (Wildman–Crippen LogP) is 3.32. The molecule has 0 bridgehead atoms. The van der Waals surface area contributed by atoms with Gasteiger partial charge in [-0.1, -0.05) is 13.8 Å². The Morgan fingerprint density at radius 2 is 1.84 bits per heavy atom. The van der Waals surface area contributed by atoms with Gasteiger partial charge in [0.05, 0.1) is 54.7 Å². The Kier molecular flexibility index (Phi) is 12.1. The van der Waals surface area contributed by atoms with E-state index in [9.17, 15) is 9.59 Å². The molecular weight excluding hydrogens is 470 g/mol. The molecule has 3 aromatic heterocycles. The molecule has 0 aliphatic heterocycles. The summed E-state index contributed by atoms with van der Waals surface area (Å²) in [5.41, 5.74) is 6.45. The van der Waals surface area contributed by atoms with Crippen LogP contribution in [0.4, 0.5) is 11.4 Å². The van der Waals surface area contributed by atoms with Crippen LogP contribution in [-0.4, -0.2) is 63.8 Å². The van der Waals surface area contributed by atoms with E-state index in [1.165, 1.54) is 0 Å². The predicted molar refractivity (Wildman–Crippen MR) is 148 cm³/mol. The normalized spacial score (nSPS) is 10.9. The van der Waals surface area contributed by atoms with E-state index in [0.29, 0.717) is 24.3 Å². The molecule has 0 radical (unpaired) electrons. The summed E-state index contributed by atoms with van der Waals surface area (Å²) >= 11 is 0. The second kappa shape index (κ2) is 15.3. The van der Waals surface area contributed by atoms with Gasteiger partial charge in [0.15, 0.2) is 0 Å². The first-order valence-corrected chi connectivity index (χ1v) is 12.3. The molecule has 3 aromatic rings. The second-order valence-corrected chi connectivity index (χ2v) is 8.17. The molecule has 0 aliphatic carbocycles. The van der Waals surface area contributed by atoms with Gasteiger partial charge in [-0.05, 0) is 56.2 Å². The van der Waals surface area contributed by atoms with Crippen molar-refractivity contribution in [1.82, 2.24) is 25.1 Å². The Labute approximate surface area is 218 Å². The molecule has 0 fully saturated rings. The lowest BCUT2D eigenvalue weighted by atomic mass is 10.0. The van der Waals surface area contributed by atoms with Gasteiger partial charge in [0.2, 0.25) is 0 Å². The van der Waals surface area contributed by atoms with Crippen LogP contribution < -0.4 is 16.0 Å². The van der Waals surface area contributed by atoms with Crippen molar-refractivity contribution in [2.75, 3.05) is 37.4 Å². The summed E-state index contributed by atoms with van der Waals surface area (Å²) in [4.78, 5) is 31.1. The van der Waals surface area contributed by atoms with Crippen molar-refractivity contribution in [3.05, 3.63) is 65.0 Å². The second-order valence-electron chi connectivity index (χ2n) is 8.17. The van der Waals surface area contributed by atoms with Crippen LogP contribution in [0.2, 0.25) is 0 Å². The van der Waals surface area contributed by atoms with Crippen LogP contribution >= 0.6 is 0 Å². The summed E-state index contributed by atoms with van der Waals surface area (Å²) in [6.45, 7) is 9.65. The molecule has 0 atom stereocenters. The number of hydrogen-bond acceptors (Lipinski definition) is 8. The van der Waals surface area contributed by atoms with E-state index in [4.69, 9.17) is 5.11 Å². The number of likely N-dealkylation sites (N-methyl/N-ethyl adjacent to an activating group) is 1. The van der Waals surface area contributed by atoms with Crippen LogP contribution in [0.15, 0.2) is 36.9 Å². The third-order valence-corrected chi connectivity index (χ3v) is 5.53. The van der Waals surface area contributed by atoms with Crippen molar-refractivity contribution in [1.29, 1.82) is 0 Å². The summed E-state index contributed by atoms with van der Waals surface area (Å²) in [6.07, 6.45) is 10.7. The van der Waals surface area contributed by atoms with Crippen molar-refractivity contribution in [3.8, 4) is 0 Å². The zero-order valence-corrected chi connectivity index (χ0v) is 22.2. The van der Waals surface area contributed by atoms with Gasteiger partial charge < -0.3 is 25.9 Å². The minimum atomic E-state index is -0.242. The minimum Gasteiger partial charge on any atom is -0.394 e. The quantitative estimate of drug-likeness (QED) is 0.229. The summed E-state index contributed by atoms with van der Waals surface area (Å²) in [7, 11) is 1.80. The number of aryl methyl sites for hydroxylation is 2. The van der Waals surface area contributed by atoms with Crippen molar-refractivity contribution in [2.24, 2.45) is 0 Å². The van der Waals surface area contributed by atoms with Crippen molar-refractivity contribution >= 4 is 35.2 Å². The number of carbonyl (C=O) groups is 2. The molecule has 0 aromatic carbocycles. The van der Waals surface area contributed by atoms with E-state index < -0.39 is 0 Å². The summed E-state index contributed by atoms with van der Waals surface area (Å²) in [5.74, 6) is -0.242. The molecule has 0 saturated heterocycles. The number of nitrogens with one attached hydrogen (secondary N) is 3. The van der Waals surface area contributed by atoms with Gasteiger partial charge in [-0.2, -0.15) is 5.10 Å². The molecule has 10 heteroatoms. The number of hydrogen-bond donors (Lipinski definition) is 4. The van der Waals surface area contributed by atoms with Gasteiger partial charge in [0.1, 0.15) is 6.29 Å². The van der Waals surface area contributed by atoms with E-state index in [1.807, 2.05) is 45.2 Å². The molecular formula is C27H37N7O3. The lowest BCUT2D eigenvalue weighted by Gasteiger charge is -2.11. The highest BCUT2D eigenvalue weighted by Crippen LogP contribution is 2.23. The van der Waals surface area contributed by atoms with Gasteiger partial charge in [0.25, 0.3) is 5.91 Å². The Bertz CT molecular complexity index is 1200. The standard InChI is InChI=1S/C23H28N6O2.C4H9NO/c1-5-17(20-12-27-29(14-20)6-7-30)8-18-9-19(11-25-15(18)2)23(31)28-22-10-21(24-4)13-26-16(22)3;1-2-5-3-4-6/h8-14,24,30H,5-7H2,1-4H3,(H,28,31);4-5H,2-3H2,1H3/b17-8+;. The van der Waals surface area contributed by atoms with Gasteiger partial charge in [-0.25, -0.2) is 0 Å². The molecule has 4 N–H and O–H groups in total. The zero-order chi connectivity index (χ0) is 27.2. The minimum absolute atomic E-state index is 0.0404. The molecule has 0 unspecified atom stereocenters. The SMILES string of the molecule is CC/C(=C\c1cc(C(=O)Nc2cc(NC)cnc2C)cnc1C)c1cnn(CCO)c1.CCNCC=O. The Hall–Kier alpha value is -3.89. The maximum Gasteiger partial charge on any atom is 0.257 e. The van der Waals surface area contributed by atoms with Crippen molar-refractivity contribution in [3.63, 3.8) is 0 Å². The fourth-order valence-electron chi connectivity index (χ4n) is 3.35. The number of aromatic nitrogens is 4. The lowest BCUT2D eigenvalue weighted by molar-refractivity contribution is -0.107. The molecule has 3 heterocycles. The molecule has 3 rings (SSSR count). The Balaban J connectivity index is 0.000000717. The van der Waals surface area contributed by atoms with E-state index >= 15 is 0 Å². The summed E-state index contributed by atoms with van der Waals surface area (Å²) < 4.78 is 1.71. The largest absolute Gasteiger partial charge is 0.394 e. The number of pyridine rings is 2. The molecule has 1 amide bonds. The number of aliphatic hydroxyl groups is 1. The molecule has 0 spiro atoms. The van der Waals surface area contributed by atoms with Crippen LogP contribution in [0.25, 0.3) is 11.6 Å². The first kappa shape index (κ1) is 29.3. The van der Waals surface area contributed by atoms with Crippen LogP contribution in [-0.2, 0) is 11.3 Å². The van der Waals surface area contributed by atoms with E-state index in [-0.39, 0.29) is 12.5 Å². The highest BCUT2D eigenvalue weighted by Gasteiger charge is 2.12. The van der Waals surface area contributed by atoms with Gasteiger partial charge in [-0.15, -0.1) is 0 Å². The number of nitrogens with zero attached hydrogens (tertiary/aromatic N) is 4. The first-order valence-electron chi connectivity index (χ1n) is 12.3. The number of anilines is 2. The van der Waals surface area contributed by atoms with Crippen LogP contribution in [0, 0.1) is 13.8 Å². The zero-order valence-electron chi connectivity index (χ0n) is 22.2. The number of aldehydes is 1. The highest BCUT2D eigenvalue weighted by molar-refractivity contribution is 6.05. The molecule has 198 valence electrons. The number of aliphatic hydroxyl groups excluding tert-OH is 1. The number of allylic oxidation sites excluding steroid dienone is 1. The number of carbonyl (C=O) groups excluding carboxylic acids is 2. The third kappa shape index (κ3) is 8.93. The number of amides is 1. The maximum absolute atomic E-state index is 12.9. The molecule has 0 saturated carbocycles. The van der Waals surface area contributed by atoms with E-state index in [1.54, 1.807) is 30.3 Å². The summed E-state index contributed by atoms with van der Waals surface area (Å²) in [6, 6.07) is 3.69. The van der Waals surface area contributed by atoms with Crippen molar-refractivity contribution in [2.45, 2.75) is 40.7 Å². The third-order valence-electron chi connectivity index (χ3n) is 5.53. The fourth-order valence-corrected chi connectivity index (χ4v) is 3.35. The van der Waals surface area contributed by atoms with E-state index in [0.717, 1.165) is 53.0 Å². The van der Waals surface area contributed by atoms with Crippen LogP contribution in [0.5, 0.6) is 0 Å². The van der Waals surface area contributed by atoms with Crippen LogP contribution in [0.1, 0.15) is 53.1 Å². The lowest BCUT2D eigenvalue weighted by Crippen LogP contribution is -2.14. The number of rotatable bonds is 11. The molecule has 0 aliphatic rings. The van der Waals surface area contributed by atoms with E-state index in [2.05, 4.69) is 37.9 Å². The highest BCUT2D eigenvalue weighted by atomic mass is 16.3. The average Bonchev–Trinajstić information content (AvgIpc) is 3.37. The monoisotopic (exact) mass is 507 g/mol. The smallest absolute Gasteiger partial charge is 0.257 e. The fraction of sp³-hybridized carbons (Fsp3) is 0.370. The van der Waals surface area contributed by atoms with Crippen molar-refractivity contribution < 1.29 is 14.7 Å². The maximum atomic E-state index is 12.9. The molecule has 37 heavy (non-hydrogen) atoms. The Morgan fingerprint density at radius 1 is 1.08 bits per heavy atom. The Morgan fingerprint density at radius 3 is 2.46 bits per heavy atom. The molecule has 10 nitrogen and oxygen atoms in total. The topological polar surface area (TPSA) is 134 Å². The van der Waals surface area contributed by atoms with Crippen LogP contribution in [0.3, 0.4) is 0 Å². The van der Waals surface area contributed by atoms with Gasteiger partial charge in [-0.3, -0.25) is 19.4 Å².